The van der Waals surface area contributed by atoms with Gasteiger partial charge >= 0.3 is 0 Å². The topological polar surface area (TPSA) is 49.3 Å². The monoisotopic (exact) mass is 251 g/mol. The standard InChI is InChI=1S/C15H25NO2/c1-10(2)8-15(3,18)9-16-14(17)13-7-11-4-5-12(13)6-11/h4-5,10-13,18H,6-9H2,1-3H3,(H,16,17). The van der Waals surface area contributed by atoms with Crippen molar-refractivity contribution in [2.45, 2.75) is 45.6 Å². The van der Waals surface area contributed by atoms with Gasteiger partial charge in [-0.1, -0.05) is 26.0 Å². The highest BCUT2D eigenvalue weighted by atomic mass is 16.3. The molecule has 2 rings (SSSR count). The van der Waals surface area contributed by atoms with E-state index in [4.69, 9.17) is 0 Å². The van der Waals surface area contributed by atoms with Gasteiger partial charge in [0.25, 0.3) is 0 Å². The summed E-state index contributed by atoms with van der Waals surface area (Å²) in [6, 6.07) is 0. The first-order valence-electron chi connectivity index (χ1n) is 7.06. The van der Waals surface area contributed by atoms with E-state index in [9.17, 15) is 9.90 Å². The van der Waals surface area contributed by atoms with E-state index >= 15 is 0 Å². The highest BCUT2D eigenvalue weighted by Gasteiger charge is 2.40. The minimum Gasteiger partial charge on any atom is -0.388 e. The molecule has 1 saturated carbocycles. The Balaban J connectivity index is 1.80. The highest BCUT2D eigenvalue weighted by molar-refractivity contribution is 5.80. The van der Waals surface area contributed by atoms with E-state index in [1.165, 1.54) is 0 Å². The summed E-state index contributed by atoms with van der Waals surface area (Å²) < 4.78 is 0. The molecule has 102 valence electrons. The molecule has 1 fully saturated rings. The first-order valence-corrected chi connectivity index (χ1v) is 7.06. The summed E-state index contributed by atoms with van der Waals surface area (Å²) in [7, 11) is 0. The van der Waals surface area contributed by atoms with E-state index in [2.05, 4.69) is 31.3 Å². The molecule has 2 aliphatic rings. The fraction of sp³-hybridized carbons (Fsp3) is 0.800. The lowest BCUT2D eigenvalue weighted by atomic mass is 9.91. The van der Waals surface area contributed by atoms with E-state index in [1.54, 1.807) is 6.92 Å². The average Bonchev–Trinajstić information content (AvgIpc) is 2.85. The number of carbonyl (C=O) groups is 1. The number of fused-ring (bicyclic) bond motifs is 2. The van der Waals surface area contributed by atoms with Crippen molar-refractivity contribution in [3.8, 4) is 0 Å². The van der Waals surface area contributed by atoms with Gasteiger partial charge in [-0.2, -0.15) is 0 Å². The van der Waals surface area contributed by atoms with Crippen molar-refractivity contribution in [3.05, 3.63) is 12.2 Å². The quantitative estimate of drug-likeness (QED) is 0.735. The Kier molecular flexibility index (Phi) is 3.81. The third kappa shape index (κ3) is 3.14. The fourth-order valence-corrected chi connectivity index (χ4v) is 3.44. The zero-order valence-electron chi connectivity index (χ0n) is 11.6. The van der Waals surface area contributed by atoms with Crippen LogP contribution in [-0.4, -0.2) is 23.2 Å². The predicted octanol–water partition coefficient (Wildman–Crippen LogP) is 2.11. The second kappa shape index (κ2) is 5.04. The van der Waals surface area contributed by atoms with Crippen molar-refractivity contribution < 1.29 is 9.90 Å². The van der Waals surface area contributed by atoms with Crippen molar-refractivity contribution in [2.24, 2.45) is 23.7 Å². The number of nitrogens with one attached hydrogen (secondary N) is 1. The minimum absolute atomic E-state index is 0.121. The molecule has 0 saturated heterocycles. The van der Waals surface area contributed by atoms with Crippen LogP contribution in [0.2, 0.25) is 0 Å². The Labute approximate surface area is 110 Å². The molecular formula is C15H25NO2. The molecule has 1 amide bonds. The van der Waals surface area contributed by atoms with E-state index in [1.807, 2.05) is 0 Å². The maximum Gasteiger partial charge on any atom is 0.223 e. The van der Waals surface area contributed by atoms with E-state index in [-0.39, 0.29) is 11.8 Å². The summed E-state index contributed by atoms with van der Waals surface area (Å²) in [5.74, 6) is 1.74. The highest BCUT2D eigenvalue weighted by Crippen LogP contribution is 2.43. The number of rotatable bonds is 5. The Bertz CT molecular complexity index is 346. The van der Waals surface area contributed by atoms with Crippen LogP contribution >= 0.6 is 0 Å². The molecule has 18 heavy (non-hydrogen) atoms. The molecule has 2 bridgehead atoms. The molecular weight excluding hydrogens is 226 g/mol. The predicted molar refractivity (Wildman–Crippen MR) is 71.9 cm³/mol. The molecule has 0 radical (unpaired) electrons. The molecule has 2 N–H and O–H groups in total. The third-order valence-electron chi connectivity index (χ3n) is 4.11. The normalized spacial score (nSPS) is 32.8. The summed E-state index contributed by atoms with van der Waals surface area (Å²) in [5.41, 5.74) is -0.794. The van der Waals surface area contributed by atoms with Gasteiger partial charge < -0.3 is 10.4 Å². The van der Waals surface area contributed by atoms with Gasteiger partial charge in [-0.05, 0) is 43.9 Å². The molecule has 3 heteroatoms. The smallest absolute Gasteiger partial charge is 0.223 e. The Morgan fingerprint density at radius 2 is 2.17 bits per heavy atom. The number of amides is 1. The minimum atomic E-state index is -0.794. The summed E-state index contributed by atoms with van der Waals surface area (Å²) in [4.78, 5) is 12.1. The Hall–Kier alpha value is -0.830. The lowest BCUT2D eigenvalue weighted by Crippen LogP contribution is -2.44. The summed E-state index contributed by atoms with van der Waals surface area (Å²) in [6.45, 7) is 6.32. The molecule has 0 spiro atoms. The van der Waals surface area contributed by atoms with E-state index < -0.39 is 5.60 Å². The van der Waals surface area contributed by atoms with Crippen LogP contribution in [0.3, 0.4) is 0 Å². The van der Waals surface area contributed by atoms with Gasteiger partial charge in [0.2, 0.25) is 5.91 Å². The van der Waals surface area contributed by atoms with Gasteiger partial charge in [0, 0.05) is 12.5 Å². The van der Waals surface area contributed by atoms with E-state index in [0.717, 1.165) is 12.8 Å². The zero-order chi connectivity index (χ0) is 13.3. The van der Waals surface area contributed by atoms with Crippen molar-refractivity contribution in [1.29, 1.82) is 0 Å². The molecule has 0 aromatic carbocycles. The maximum atomic E-state index is 12.1. The van der Waals surface area contributed by atoms with Crippen molar-refractivity contribution in [1.82, 2.24) is 5.32 Å². The Morgan fingerprint density at radius 3 is 2.67 bits per heavy atom. The SMILES string of the molecule is CC(C)CC(C)(O)CNC(=O)C1CC2C=CC1C2. The van der Waals surface area contributed by atoms with E-state index in [0.29, 0.717) is 30.7 Å². The van der Waals surface area contributed by atoms with Gasteiger partial charge in [-0.15, -0.1) is 0 Å². The largest absolute Gasteiger partial charge is 0.388 e. The lowest BCUT2D eigenvalue weighted by molar-refractivity contribution is -0.127. The molecule has 4 unspecified atom stereocenters. The van der Waals surface area contributed by atoms with Crippen LogP contribution in [0.1, 0.15) is 40.0 Å². The Morgan fingerprint density at radius 1 is 1.44 bits per heavy atom. The fourth-order valence-electron chi connectivity index (χ4n) is 3.44. The van der Waals surface area contributed by atoms with Crippen LogP contribution in [0.5, 0.6) is 0 Å². The average molecular weight is 251 g/mol. The molecule has 4 atom stereocenters. The molecule has 3 nitrogen and oxygen atoms in total. The molecule has 0 heterocycles. The van der Waals surface area contributed by atoms with Crippen LogP contribution in [0.15, 0.2) is 12.2 Å². The lowest BCUT2D eigenvalue weighted by Gasteiger charge is -2.27. The molecule has 0 aliphatic heterocycles. The van der Waals surface area contributed by atoms with Crippen molar-refractivity contribution in [3.63, 3.8) is 0 Å². The molecule has 2 aliphatic carbocycles. The van der Waals surface area contributed by atoms with Crippen molar-refractivity contribution in [2.75, 3.05) is 6.54 Å². The van der Waals surface area contributed by atoms with Crippen LogP contribution in [-0.2, 0) is 4.79 Å². The van der Waals surface area contributed by atoms with Gasteiger partial charge in [0.1, 0.15) is 0 Å². The van der Waals surface area contributed by atoms with Gasteiger partial charge in [0.05, 0.1) is 5.60 Å². The number of allylic oxidation sites excluding steroid dienone is 2. The second-order valence-corrected chi connectivity index (χ2v) is 6.70. The van der Waals surface area contributed by atoms with Gasteiger partial charge in [-0.3, -0.25) is 4.79 Å². The number of hydrogen-bond donors (Lipinski definition) is 2. The molecule has 0 aromatic rings. The number of aliphatic hydroxyl groups is 1. The number of carbonyl (C=O) groups excluding carboxylic acids is 1. The maximum absolute atomic E-state index is 12.1. The summed E-state index contributed by atoms with van der Waals surface area (Å²) in [5, 5.41) is 13.1. The van der Waals surface area contributed by atoms with Gasteiger partial charge in [0.15, 0.2) is 0 Å². The first kappa shape index (κ1) is 13.6. The summed E-state index contributed by atoms with van der Waals surface area (Å²) >= 11 is 0. The van der Waals surface area contributed by atoms with Crippen LogP contribution < -0.4 is 5.32 Å². The molecule has 0 aromatic heterocycles. The van der Waals surface area contributed by atoms with Crippen LogP contribution in [0.25, 0.3) is 0 Å². The number of hydrogen-bond acceptors (Lipinski definition) is 2. The second-order valence-electron chi connectivity index (χ2n) is 6.70. The van der Waals surface area contributed by atoms with Crippen molar-refractivity contribution >= 4 is 5.91 Å². The van der Waals surface area contributed by atoms with Crippen LogP contribution in [0, 0.1) is 23.7 Å². The van der Waals surface area contributed by atoms with Crippen LogP contribution in [0.4, 0.5) is 0 Å². The first-order chi connectivity index (χ1) is 8.37. The third-order valence-corrected chi connectivity index (χ3v) is 4.11. The zero-order valence-corrected chi connectivity index (χ0v) is 11.6. The summed E-state index contributed by atoms with van der Waals surface area (Å²) in [6.07, 6.45) is 7.26. The van der Waals surface area contributed by atoms with Gasteiger partial charge in [-0.25, -0.2) is 0 Å².